The van der Waals surface area contributed by atoms with E-state index in [4.69, 9.17) is 4.74 Å². The van der Waals surface area contributed by atoms with Crippen molar-refractivity contribution in [2.45, 2.75) is 33.2 Å². The van der Waals surface area contributed by atoms with E-state index in [2.05, 4.69) is 46.5 Å². The topological polar surface area (TPSA) is 48.9 Å². The Morgan fingerprint density at radius 1 is 1.21 bits per heavy atom. The summed E-state index contributed by atoms with van der Waals surface area (Å²) in [6.07, 6.45) is 2.71. The third-order valence-corrected chi connectivity index (χ3v) is 4.31. The molecule has 1 aliphatic heterocycles. The van der Waals surface area contributed by atoms with Gasteiger partial charge in [-0.1, -0.05) is 19.1 Å². The molecule has 1 aromatic rings. The van der Waals surface area contributed by atoms with Crippen molar-refractivity contribution in [3.63, 3.8) is 0 Å². The van der Waals surface area contributed by atoms with E-state index in [1.54, 1.807) is 7.11 Å². The normalized spacial score (nSPS) is 16.9. The molecule has 2 rings (SSSR count). The van der Waals surface area contributed by atoms with Crippen LogP contribution in [0.4, 0.5) is 0 Å². The van der Waals surface area contributed by atoms with Gasteiger partial charge in [-0.15, -0.1) is 0 Å². The fraction of sp³-hybridized carbons (Fsp3) is 0.632. The lowest BCUT2D eigenvalue weighted by atomic mass is 10.1. The molecule has 134 valence electrons. The van der Waals surface area contributed by atoms with Gasteiger partial charge in [-0.05, 0) is 56.5 Å². The van der Waals surface area contributed by atoms with Crippen LogP contribution in [0.15, 0.2) is 29.3 Å². The second-order valence-electron chi connectivity index (χ2n) is 6.54. The monoisotopic (exact) mass is 332 g/mol. The van der Waals surface area contributed by atoms with Crippen LogP contribution < -0.4 is 15.4 Å². The smallest absolute Gasteiger partial charge is 0.191 e. The summed E-state index contributed by atoms with van der Waals surface area (Å²) >= 11 is 0. The van der Waals surface area contributed by atoms with Crippen molar-refractivity contribution in [3.8, 4) is 5.75 Å². The van der Waals surface area contributed by atoms with Gasteiger partial charge in [-0.2, -0.15) is 0 Å². The molecule has 0 amide bonds. The standard InChI is InChI=1S/C19H32N4O/c1-4-20-19(21-13-16(2)15-23-11-5-6-12-23)22-14-17-7-9-18(24-3)10-8-17/h7-10,16H,4-6,11-15H2,1-3H3,(H2,20,21,22). The number of aliphatic imine (C=N–C) groups is 1. The second kappa shape index (κ2) is 10.2. The molecule has 0 aromatic heterocycles. The summed E-state index contributed by atoms with van der Waals surface area (Å²) in [5.74, 6) is 2.39. The average molecular weight is 332 g/mol. The van der Waals surface area contributed by atoms with Crippen molar-refractivity contribution in [1.82, 2.24) is 15.5 Å². The van der Waals surface area contributed by atoms with Crippen LogP contribution in [0.1, 0.15) is 32.3 Å². The molecule has 1 fully saturated rings. The highest BCUT2D eigenvalue weighted by Crippen LogP contribution is 2.12. The fourth-order valence-electron chi connectivity index (χ4n) is 2.98. The molecule has 1 aromatic carbocycles. The first-order valence-corrected chi connectivity index (χ1v) is 9.08. The van der Waals surface area contributed by atoms with Gasteiger partial charge >= 0.3 is 0 Å². The van der Waals surface area contributed by atoms with E-state index in [1.807, 2.05) is 12.1 Å². The molecule has 0 spiro atoms. The Bertz CT molecular complexity index is 495. The summed E-state index contributed by atoms with van der Waals surface area (Å²) in [5.41, 5.74) is 1.18. The van der Waals surface area contributed by atoms with Crippen molar-refractivity contribution in [2.24, 2.45) is 10.9 Å². The number of nitrogens with zero attached hydrogens (tertiary/aromatic N) is 2. The number of likely N-dealkylation sites (tertiary alicyclic amines) is 1. The SMILES string of the molecule is CCNC(=NCc1ccc(OC)cc1)NCC(C)CN1CCCC1. The maximum Gasteiger partial charge on any atom is 0.191 e. The van der Waals surface area contributed by atoms with E-state index >= 15 is 0 Å². The van der Waals surface area contributed by atoms with Crippen LogP contribution in [-0.2, 0) is 6.54 Å². The lowest BCUT2D eigenvalue weighted by Crippen LogP contribution is -2.41. The zero-order valence-corrected chi connectivity index (χ0v) is 15.3. The van der Waals surface area contributed by atoms with Crippen molar-refractivity contribution in [1.29, 1.82) is 0 Å². The Labute approximate surface area is 146 Å². The van der Waals surface area contributed by atoms with Gasteiger partial charge in [-0.3, -0.25) is 0 Å². The molecule has 0 bridgehead atoms. The van der Waals surface area contributed by atoms with Crippen molar-refractivity contribution in [3.05, 3.63) is 29.8 Å². The van der Waals surface area contributed by atoms with E-state index < -0.39 is 0 Å². The minimum absolute atomic E-state index is 0.618. The summed E-state index contributed by atoms with van der Waals surface area (Å²) in [6, 6.07) is 8.07. The number of hydrogen-bond donors (Lipinski definition) is 2. The van der Waals surface area contributed by atoms with Gasteiger partial charge < -0.3 is 20.3 Å². The van der Waals surface area contributed by atoms with Gasteiger partial charge in [0.05, 0.1) is 13.7 Å². The van der Waals surface area contributed by atoms with E-state index in [9.17, 15) is 0 Å². The predicted molar refractivity (Wildman–Crippen MR) is 101 cm³/mol. The Balaban J connectivity index is 1.80. The summed E-state index contributed by atoms with van der Waals surface area (Å²) in [6.45, 7) is 10.6. The van der Waals surface area contributed by atoms with Gasteiger partial charge in [0.15, 0.2) is 5.96 Å². The zero-order chi connectivity index (χ0) is 17.2. The molecule has 24 heavy (non-hydrogen) atoms. The largest absolute Gasteiger partial charge is 0.497 e. The van der Waals surface area contributed by atoms with Crippen LogP contribution in [-0.4, -0.2) is 50.7 Å². The summed E-state index contributed by atoms with van der Waals surface area (Å²) in [4.78, 5) is 7.25. The van der Waals surface area contributed by atoms with Gasteiger partial charge in [0.25, 0.3) is 0 Å². The minimum atomic E-state index is 0.618. The zero-order valence-electron chi connectivity index (χ0n) is 15.3. The highest BCUT2D eigenvalue weighted by atomic mass is 16.5. The van der Waals surface area contributed by atoms with E-state index in [0.29, 0.717) is 12.5 Å². The summed E-state index contributed by atoms with van der Waals surface area (Å²) in [5, 5.41) is 6.80. The van der Waals surface area contributed by atoms with Crippen LogP contribution in [0.2, 0.25) is 0 Å². The van der Waals surface area contributed by atoms with Crippen LogP contribution in [0.3, 0.4) is 0 Å². The molecule has 1 unspecified atom stereocenters. The number of methoxy groups -OCH3 is 1. The average Bonchev–Trinajstić information content (AvgIpc) is 3.10. The maximum absolute atomic E-state index is 5.19. The first-order valence-electron chi connectivity index (χ1n) is 9.08. The van der Waals surface area contributed by atoms with Crippen LogP contribution in [0.25, 0.3) is 0 Å². The Morgan fingerprint density at radius 3 is 2.54 bits per heavy atom. The predicted octanol–water partition coefficient (Wildman–Crippen LogP) is 2.48. The Kier molecular flexibility index (Phi) is 7.89. The summed E-state index contributed by atoms with van der Waals surface area (Å²) in [7, 11) is 1.68. The number of ether oxygens (including phenoxy) is 1. The third kappa shape index (κ3) is 6.40. The van der Waals surface area contributed by atoms with Crippen LogP contribution in [0.5, 0.6) is 5.75 Å². The molecule has 2 N–H and O–H groups in total. The quantitative estimate of drug-likeness (QED) is 0.567. The van der Waals surface area contributed by atoms with Gasteiger partial charge in [0.2, 0.25) is 0 Å². The maximum atomic E-state index is 5.19. The fourth-order valence-corrected chi connectivity index (χ4v) is 2.98. The number of rotatable bonds is 8. The molecule has 1 aliphatic rings. The van der Waals surface area contributed by atoms with Crippen LogP contribution >= 0.6 is 0 Å². The third-order valence-electron chi connectivity index (χ3n) is 4.31. The molecule has 1 heterocycles. The first kappa shape index (κ1) is 18.6. The molecule has 1 atom stereocenters. The van der Waals surface area contributed by atoms with E-state index in [-0.39, 0.29) is 0 Å². The molecule has 5 nitrogen and oxygen atoms in total. The van der Waals surface area contributed by atoms with Gasteiger partial charge in [0.1, 0.15) is 5.75 Å². The lowest BCUT2D eigenvalue weighted by molar-refractivity contribution is 0.287. The van der Waals surface area contributed by atoms with Crippen molar-refractivity contribution < 1.29 is 4.74 Å². The molecule has 5 heteroatoms. The number of guanidine groups is 1. The number of hydrogen-bond acceptors (Lipinski definition) is 3. The van der Waals surface area contributed by atoms with Crippen LogP contribution in [0, 0.1) is 5.92 Å². The second-order valence-corrected chi connectivity index (χ2v) is 6.54. The number of benzene rings is 1. The molecule has 0 saturated carbocycles. The minimum Gasteiger partial charge on any atom is -0.497 e. The van der Waals surface area contributed by atoms with E-state index in [0.717, 1.165) is 24.8 Å². The Hall–Kier alpha value is -1.75. The highest BCUT2D eigenvalue weighted by molar-refractivity contribution is 5.79. The molecule has 1 saturated heterocycles. The van der Waals surface area contributed by atoms with Gasteiger partial charge in [-0.25, -0.2) is 4.99 Å². The summed E-state index contributed by atoms with van der Waals surface area (Å²) < 4.78 is 5.19. The van der Waals surface area contributed by atoms with E-state index in [1.165, 1.54) is 38.0 Å². The van der Waals surface area contributed by atoms with Crippen molar-refractivity contribution >= 4 is 5.96 Å². The Morgan fingerprint density at radius 2 is 1.92 bits per heavy atom. The molecular weight excluding hydrogens is 300 g/mol. The molecular formula is C19H32N4O. The first-order chi connectivity index (χ1) is 11.7. The highest BCUT2D eigenvalue weighted by Gasteiger charge is 2.14. The lowest BCUT2D eigenvalue weighted by Gasteiger charge is -2.21. The van der Waals surface area contributed by atoms with Gasteiger partial charge in [0, 0.05) is 19.6 Å². The number of nitrogens with one attached hydrogen (secondary N) is 2. The molecule has 0 aliphatic carbocycles. The van der Waals surface area contributed by atoms with Crippen molar-refractivity contribution in [2.75, 3.05) is 39.8 Å². The molecule has 0 radical (unpaired) electrons.